The average molecular weight is 235 g/mol. The lowest BCUT2D eigenvalue weighted by atomic mass is 10.1. The molecule has 17 heavy (non-hydrogen) atoms. The van der Waals surface area contributed by atoms with Crippen LogP contribution in [0.1, 0.15) is 26.2 Å². The molecule has 0 saturated carbocycles. The molecule has 0 amide bonds. The maximum Gasteiger partial charge on any atom is 0.139 e. The first-order chi connectivity index (χ1) is 8.29. The first kappa shape index (κ1) is 12.2. The second-order valence-electron chi connectivity index (χ2n) is 4.55. The minimum atomic E-state index is 0.360. The van der Waals surface area contributed by atoms with Gasteiger partial charge in [-0.25, -0.2) is 0 Å². The van der Waals surface area contributed by atoms with Gasteiger partial charge >= 0.3 is 0 Å². The SMILES string of the molecule is CCCOc1cncc(N2CCC(N)CC2)c1. The standard InChI is InChI=1S/C13H21N3O/c1-2-7-17-13-8-12(9-15-10-13)16-5-3-11(14)4-6-16/h8-11H,2-7,14H2,1H3. The maximum atomic E-state index is 5.90. The fraction of sp³-hybridized carbons (Fsp3) is 0.615. The van der Waals surface area contributed by atoms with Crippen molar-refractivity contribution in [3.8, 4) is 5.75 Å². The zero-order valence-corrected chi connectivity index (χ0v) is 10.4. The van der Waals surface area contributed by atoms with Crippen molar-refractivity contribution in [3.05, 3.63) is 18.5 Å². The molecule has 0 unspecified atom stereocenters. The van der Waals surface area contributed by atoms with Gasteiger partial charge in [0, 0.05) is 25.2 Å². The van der Waals surface area contributed by atoms with Crippen LogP contribution in [0.15, 0.2) is 18.5 Å². The smallest absolute Gasteiger partial charge is 0.139 e. The van der Waals surface area contributed by atoms with Gasteiger partial charge in [0.15, 0.2) is 0 Å². The van der Waals surface area contributed by atoms with E-state index in [1.165, 1.54) is 0 Å². The fourth-order valence-corrected chi connectivity index (χ4v) is 2.04. The van der Waals surface area contributed by atoms with Gasteiger partial charge in [0.25, 0.3) is 0 Å². The molecule has 2 heterocycles. The van der Waals surface area contributed by atoms with Crippen molar-refractivity contribution in [3.63, 3.8) is 0 Å². The van der Waals surface area contributed by atoms with Crippen LogP contribution in [0.25, 0.3) is 0 Å². The molecular weight excluding hydrogens is 214 g/mol. The summed E-state index contributed by atoms with van der Waals surface area (Å²) in [5.74, 6) is 0.860. The van der Waals surface area contributed by atoms with E-state index in [4.69, 9.17) is 10.5 Å². The Kier molecular flexibility index (Phi) is 4.20. The van der Waals surface area contributed by atoms with Crippen molar-refractivity contribution in [1.29, 1.82) is 0 Å². The summed E-state index contributed by atoms with van der Waals surface area (Å²) in [6.45, 7) is 4.87. The lowest BCUT2D eigenvalue weighted by molar-refractivity contribution is 0.316. The topological polar surface area (TPSA) is 51.4 Å². The Morgan fingerprint density at radius 3 is 2.88 bits per heavy atom. The molecule has 94 valence electrons. The normalized spacial score (nSPS) is 17.2. The molecule has 1 aliphatic heterocycles. The van der Waals surface area contributed by atoms with Crippen LogP contribution in [0.4, 0.5) is 5.69 Å². The molecule has 1 saturated heterocycles. The number of pyridine rings is 1. The van der Waals surface area contributed by atoms with Crippen molar-refractivity contribution >= 4 is 5.69 Å². The molecule has 0 aromatic carbocycles. The van der Waals surface area contributed by atoms with Gasteiger partial charge in [0.05, 0.1) is 24.7 Å². The summed E-state index contributed by atoms with van der Waals surface area (Å²) in [4.78, 5) is 6.56. The van der Waals surface area contributed by atoms with Crippen LogP contribution < -0.4 is 15.4 Å². The highest BCUT2D eigenvalue weighted by Gasteiger charge is 2.16. The van der Waals surface area contributed by atoms with Gasteiger partial charge in [-0.05, 0) is 19.3 Å². The second-order valence-corrected chi connectivity index (χ2v) is 4.55. The third-order valence-electron chi connectivity index (χ3n) is 3.08. The number of nitrogens with two attached hydrogens (primary N) is 1. The van der Waals surface area contributed by atoms with Gasteiger partial charge in [-0.15, -0.1) is 0 Å². The minimum absolute atomic E-state index is 0.360. The molecular formula is C13H21N3O. The predicted molar refractivity (Wildman–Crippen MR) is 69.4 cm³/mol. The first-order valence-electron chi connectivity index (χ1n) is 6.38. The van der Waals surface area contributed by atoms with Crippen LogP contribution in [0.2, 0.25) is 0 Å². The van der Waals surface area contributed by atoms with Gasteiger partial charge in [-0.1, -0.05) is 6.92 Å². The lowest BCUT2D eigenvalue weighted by Crippen LogP contribution is -2.39. The minimum Gasteiger partial charge on any atom is -0.492 e. The molecule has 0 bridgehead atoms. The monoisotopic (exact) mass is 235 g/mol. The maximum absolute atomic E-state index is 5.90. The quantitative estimate of drug-likeness (QED) is 0.864. The predicted octanol–water partition coefficient (Wildman–Crippen LogP) is 1.80. The van der Waals surface area contributed by atoms with Crippen LogP contribution in [0, 0.1) is 0 Å². The number of rotatable bonds is 4. The fourth-order valence-electron chi connectivity index (χ4n) is 2.04. The number of ether oxygens (including phenoxy) is 1. The number of piperidine rings is 1. The molecule has 1 aliphatic rings. The van der Waals surface area contributed by atoms with E-state index >= 15 is 0 Å². The Labute approximate surface area is 103 Å². The number of anilines is 1. The third kappa shape index (κ3) is 3.33. The Bertz CT molecular complexity index is 348. The Hall–Kier alpha value is -1.29. The van der Waals surface area contributed by atoms with E-state index < -0.39 is 0 Å². The molecule has 0 aliphatic carbocycles. The van der Waals surface area contributed by atoms with Gasteiger partial charge < -0.3 is 15.4 Å². The number of nitrogens with zero attached hydrogens (tertiary/aromatic N) is 2. The summed E-state index contributed by atoms with van der Waals surface area (Å²) in [5.41, 5.74) is 7.05. The van der Waals surface area contributed by atoms with Crippen LogP contribution in [0.3, 0.4) is 0 Å². The van der Waals surface area contributed by atoms with Crippen molar-refractivity contribution in [2.24, 2.45) is 5.73 Å². The van der Waals surface area contributed by atoms with Gasteiger partial charge in [-0.2, -0.15) is 0 Å². The average Bonchev–Trinajstić information content (AvgIpc) is 2.37. The highest BCUT2D eigenvalue weighted by molar-refractivity contribution is 5.48. The van der Waals surface area contributed by atoms with E-state index in [2.05, 4.69) is 22.9 Å². The highest BCUT2D eigenvalue weighted by atomic mass is 16.5. The largest absolute Gasteiger partial charge is 0.492 e. The van der Waals surface area contributed by atoms with E-state index in [0.717, 1.165) is 50.4 Å². The van der Waals surface area contributed by atoms with E-state index in [9.17, 15) is 0 Å². The number of hydrogen-bond acceptors (Lipinski definition) is 4. The zero-order chi connectivity index (χ0) is 12.1. The molecule has 4 nitrogen and oxygen atoms in total. The summed E-state index contributed by atoms with van der Waals surface area (Å²) < 4.78 is 5.59. The Morgan fingerprint density at radius 1 is 1.41 bits per heavy atom. The van der Waals surface area contributed by atoms with Gasteiger partial charge in [0.2, 0.25) is 0 Å². The van der Waals surface area contributed by atoms with E-state index in [0.29, 0.717) is 6.04 Å². The van der Waals surface area contributed by atoms with Crippen molar-refractivity contribution in [1.82, 2.24) is 4.98 Å². The molecule has 1 fully saturated rings. The zero-order valence-electron chi connectivity index (χ0n) is 10.4. The molecule has 4 heteroatoms. The summed E-state index contributed by atoms with van der Waals surface area (Å²) >= 11 is 0. The third-order valence-corrected chi connectivity index (χ3v) is 3.08. The van der Waals surface area contributed by atoms with Crippen LogP contribution in [-0.4, -0.2) is 30.7 Å². The number of hydrogen-bond donors (Lipinski definition) is 1. The molecule has 0 radical (unpaired) electrons. The van der Waals surface area contributed by atoms with Gasteiger partial charge in [-0.3, -0.25) is 4.98 Å². The molecule has 2 rings (SSSR count). The highest BCUT2D eigenvalue weighted by Crippen LogP contribution is 2.22. The van der Waals surface area contributed by atoms with E-state index in [1.807, 2.05) is 6.20 Å². The molecule has 0 spiro atoms. The molecule has 0 atom stereocenters. The van der Waals surface area contributed by atoms with Crippen LogP contribution >= 0.6 is 0 Å². The summed E-state index contributed by atoms with van der Waals surface area (Å²) in [7, 11) is 0. The van der Waals surface area contributed by atoms with E-state index in [-0.39, 0.29) is 0 Å². The van der Waals surface area contributed by atoms with Gasteiger partial charge in [0.1, 0.15) is 5.75 Å². The summed E-state index contributed by atoms with van der Waals surface area (Å²) in [5, 5.41) is 0. The first-order valence-corrected chi connectivity index (χ1v) is 6.38. The molecule has 2 N–H and O–H groups in total. The van der Waals surface area contributed by atoms with Crippen molar-refractivity contribution in [2.75, 3.05) is 24.6 Å². The summed E-state index contributed by atoms with van der Waals surface area (Å²) in [6, 6.07) is 2.43. The lowest BCUT2D eigenvalue weighted by Gasteiger charge is -2.31. The summed E-state index contributed by atoms with van der Waals surface area (Å²) in [6.07, 6.45) is 6.80. The van der Waals surface area contributed by atoms with E-state index in [1.54, 1.807) is 6.20 Å². The number of aromatic nitrogens is 1. The molecule has 1 aromatic heterocycles. The van der Waals surface area contributed by atoms with Crippen LogP contribution in [0.5, 0.6) is 5.75 Å². The Balaban J connectivity index is 2.00. The van der Waals surface area contributed by atoms with Crippen molar-refractivity contribution < 1.29 is 4.74 Å². The molecule has 1 aromatic rings. The Morgan fingerprint density at radius 2 is 2.18 bits per heavy atom. The second kappa shape index (κ2) is 5.87. The van der Waals surface area contributed by atoms with Crippen LogP contribution in [-0.2, 0) is 0 Å². The van der Waals surface area contributed by atoms with Crippen molar-refractivity contribution in [2.45, 2.75) is 32.2 Å².